The van der Waals surface area contributed by atoms with E-state index in [0.29, 0.717) is 54.3 Å². The van der Waals surface area contributed by atoms with Crippen molar-refractivity contribution in [3.63, 3.8) is 0 Å². The quantitative estimate of drug-likeness (QED) is 0.323. The molecular formula is C26H26FN5O4. The molecule has 5 rings (SSSR count). The highest BCUT2D eigenvalue weighted by Crippen LogP contribution is 2.44. The number of aliphatic hydroxyl groups excluding tert-OH is 2. The van der Waals surface area contributed by atoms with Gasteiger partial charge in [-0.15, -0.1) is 0 Å². The summed E-state index contributed by atoms with van der Waals surface area (Å²) in [6.07, 6.45) is 2.39. The van der Waals surface area contributed by atoms with Crippen LogP contribution in [0, 0.1) is 5.82 Å². The van der Waals surface area contributed by atoms with Crippen molar-refractivity contribution in [2.24, 2.45) is 5.73 Å². The number of anilines is 2. The van der Waals surface area contributed by atoms with Crippen LogP contribution in [0.15, 0.2) is 59.3 Å². The van der Waals surface area contributed by atoms with Gasteiger partial charge in [0.05, 0.1) is 18.1 Å². The number of amides is 1. The molecule has 1 atom stereocenters. The second kappa shape index (κ2) is 10.0. The van der Waals surface area contributed by atoms with Crippen LogP contribution in [0.1, 0.15) is 12.8 Å². The number of aliphatic hydroxyl groups is 2. The van der Waals surface area contributed by atoms with Crippen LogP contribution in [0.2, 0.25) is 0 Å². The van der Waals surface area contributed by atoms with E-state index < -0.39 is 18.6 Å². The molecule has 4 aromatic rings. The smallest absolute Gasteiger partial charge is 0.243 e. The van der Waals surface area contributed by atoms with Gasteiger partial charge < -0.3 is 30.6 Å². The molecule has 0 bridgehead atoms. The van der Waals surface area contributed by atoms with Crippen LogP contribution >= 0.6 is 0 Å². The Hall–Kier alpha value is -3.86. The summed E-state index contributed by atoms with van der Waals surface area (Å²) < 4.78 is 20.0. The molecule has 10 heteroatoms. The van der Waals surface area contributed by atoms with E-state index in [2.05, 4.69) is 20.2 Å². The summed E-state index contributed by atoms with van der Waals surface area (Å²) in [4.78, 5) is 23.0. The topological polar surface area (TPSA) is 138 Å². The van der Waals surface area contributed by atoms with E-state index in [1.165, 1.54) is 18.5 Å². The number of carbonyl (C=O) groups is 1. The van der Waals surface area contributed by atoms with Crippen molar-refractivity contribution in [2.75, 3.05) is 29.9 Å². The number of hydrogen-bond acceptors (Lipinski definition) is 8. The van der Waals surface area contributed by atoms with E-state index in [-0.39, 0.29) is 11.9 Å². The molecule has 1 aliphatic heterocycles. The van der Waals surface area contributed by atoms with Crippen LogP contribution < -0.4 is 16.0 Å². The van der Waals surface area contributed by atoms with Gasteiger partial charge in [-0.05, 0) is 54.8 Å². The largest absolute Gasteiger partial charge is 0.437 e. The molecule has 2 aromatic carbocycles. The van der Waals surface area contributed by atoms with Crippen LogP contribution in [-0.2, 0) is 4.79 Å². The van der Waals surface area contributed by atoms with Crippen LogP contribution in [0.3, 0.4) is 0 Å². The number of nitrogens with two attached hydrogens (primary N) is 1. The van der Waals surface area contributed by atoms with Gasteiger partial charge in [-0.25, -0.2) is 14.4 Å². The third-order valence-electron chi connectivity index (χ3n) is 6.31. The number of nitrogens with zero attached hydrogens (tertiary/aromatic N) is 3. The van der Waals surface area contributed by atoms with E-state index in [4.69, 9.17) is 15.3 Å². The number of rotatable bonds is 6. The Morgan fingerprint density at radius 1 is 1.11 bits per heavy atom. The average Bonchev–Trinajstić information content (AvgIpc) is 3.29. The molecule has 2 aromatic heterocycles. The van der Waals surface area contributed by atoms with Crippen molar-refractivity contribution in [1.82, 2.24) is 9.97 Å². The summed E-state index contributed by atoms with van der Waals surface area (Å²) in [6.45, 7) is 0.825. The van der Waals surface area contributed by atoms with Crippen molar-refractivity contribution >= 4 is 28.5 Å². The fourth-order valence-corrected chi connectivity index (χ4v) is 4.35. The van der Waals surface area contributed by atoms with Gasteiger partial charge >= 0.3 is 0 Å². The van der Waals surface area contributed by atoms with Crippen LogP contribution in [-0.4, -0.2) is 57.9 Å². The Morgan fingerprint density at radius 2 is 1.78 bits per heavy atom. The van der Waals surface area contributed by atoms with Gasteiger partial charge in [0.2, 0.25) is 11.6 Å². The van der Waals surface area contributed by atoms with Gasteiger partial charge in [0.15, 0.2) is 0 Å². The number of benzene rings is 2. The third kappa shape index (κ3) is 4.66. The predicted octanol–water partition coefficient (Wildman–Crippen LogP) is 2.92. The molecule has 0 saturated carbocycles. The Labute approximate surface area is 206 Å². The van der Waals surface area contributed by atoms with Gasteiger partial charge in [-0.3, -0.25) is 4.79 Å². The molecule has 1 amide bonds. The molecule has 1 saturated heterocycles. The molecule has 5 N–H and O–H groups in total. The minimum absolute atomic E-state index is 0.332. The molecule has 1 fully saturated rings. The molecule has 0 spiro atoms. The number of furan rings is 1. The van der Waals surface area contributed by atoms with Crippen molar-refractivity contribution < 1.29 is 23.8 Å². The van der Waals surface area contributed by atoms with Gasteiger partial charge in [0.25, 0.3) is 0 Å². The number of nitrogens with one attached hydrogen (secondary N) is 1. The van der Waals surface area contributed by atoms with Crippen molar-refractivity contribution in [3.8, 4) is 22.5 Å². The number of fused-ring (bicyclic) bond motifs is 1. The maximum absolute atomic E-state index is 13.8. The molecule has 0 aliphatic carbocycles. The monoisotopic (exact) mass is 491 g/mol. The molecule has 0 unspecified atom stereocenters. The molecular weight excluding hydrogens is 465 g/mol. The lowest BCUT2D eigenvalue weighted by Crippen LogP contribution is -2.38. The highest BCUT2D eigenvalue weighted by molar-refractivity contribution is 6.06. The standard InChI is InChI=1S/C26H26FN5O4/c27-17-5-1-15(2-6-17)21-22-24(32-11-9-19(34)10-12-32)29-14-30-26(22)36-23(21)16-3-7-18(8-4-16)31-25(35)20(28)13-33/h1-8,14,19-20,33-34H,9-13,28H2,(H,31,35)/t20-/m0/s1. The van der Waals surface area contributed by atoms with E-state index in [1.54, 1.807) is 36.4 Å². The van der Waals surface area contributed by atoms with Crippen LogP contribution in [0.5, 0.6) is 0 Å². The lowest BCUT2D eigenvalue weighted by Gasteiger charge is -2.30. The maximum atomic E-state index is 13.8. The molecule has 0 radical (unpaired) electrons. The molecule has 1 aliphatic rings. The molecule has 9 nitrogen and oxygen atoms in total. The number of aromatic nitrogens is 2. The van der Waals surface area contributed by atoms with E-state index in [1.807, 2.05) is 0 Å². The number of hydrogen-bond donors (Lipinski definition) is 4. The number of halogens is 1. The summed E-state index contributed by atoms with van der Waals surface area (Å²) in [5.74, 6) is 0.381. The second-order valence-electron chi connectivity index (χ2n) is 8.76. The van der Waals surface area contributed by atoms with E-state index in [9.17, 15) is 14.3 Å². The highest BCUT2D eigenvalue weighted by atomic mass is 19.1. The number of piperidine rings is 1. The average molecular weight is 492 g/mol. The maximum Gasteiger partial charge on any atom is 0.243 e. The summed E-state index contributed by atoms with van der Waals surface area (Å²) >= 11 is 0. The van der Waals surface area contributed by atoms with Gasteiger partial charge in [-0.2, -0.15) is 0 Å². The lowest BCUT2D eigenvalue weighted by molar-refractivity contribution is -0.118. The summed E-state index contributed by atoms with van der Waals surface area (Å²) in [6, 6.07) is 12.1. The Morgan fingerprint density at radius 3 is 2.44 bits per heavy atom. The van der Waals surface area contributed by atoms with Crippen LogP contribution in [0.25, 0.3) is 33.6 Å². The number of carbonyl (C=O) groups excluding carboxylic acids is 1. The van der Waals surface area contributed by atoms with Crippen molar-refractivity contribution in [1.29, 1.82) is 0 Å². The van der Waals surface area contributed by atoms with Crippen LogP contribution in [0.4, 0.5) is 15.9 Å². The summed E-state index contributed by atoms with van der Waals surface area (Å²) in [5, 5.41) is 22.4. The van der Waals surface area contributed by atoms with Gasteiger partial charge in [0, 0.05) is 29.9 Å². The summed E-state index contributed by atoms with van der Waals surface area (Å²) in [7, 11) is 0. The predicted molar refractivity (Wildman–Crippen MR) is 134 cm³/mol. The fourth-order valence-electron chi connectivity index (χ4n) is 4.35. The lowest BCUT2D eigenvalue weighted by atomic mass is 9.98. The normalized spacial score (nSPS) is 15.3. The van der Waals surface area contributed by atoms with Gasteiger partial charge in [0.1, 0.15) is 29.8 Å². The first-order valence-electron chi connectivity index (χ1n) is 11.7. The molecule has 186 valence electrons. The second-order valence-corrected chi connectivity index (χ2v) is 8.76. The third-order valence-corrected chi connectivity index (χ3v) is 6.31. The first-order chi connectivity index (χ1) is 17.4. The Balaban J connectivity index is 1.61. The van der Waals surface area contributed by atoms with Gasteiger partial charge in [-0.1, -0.05) is 12.1 Å². The summed E-state index contributed by atoms with van der Waals surface area (Å²) in [5.41, 5.74) is 8.67. The zero-order chi connectivity index (χ0) is 25.2. The molecule has 36 heavy (non-hydrogen) atoms. The highest BCUT2D eigenvalue weighted by Gasteiger charge is 2.27. The Bertz CT molecular complexity index is 1370. The minimum Gasteiger partial charge on any atom is -0.437 e. The zero-order valence-corrected chi connectivity index (χ0v) is 19.4. The Kier molecular flexibility index (Phi) is 6.64. The first kappa shape index (κ1) is 23.9. The minimum atomic E-state index is -1.02. The van der Waals surface area contributed by atoms with E-state index in [0.717, 1.165) is 16.7 Å². The molecule has 3 heterocycles. The van der Waals surface area contributed by atoms with Crippen molar-refractivity contribution in [3.05, 3.63) is 60.7 Å². The SMILES string of the molecule is N[C@@H](CO)C(=O)Nc1ccc(-c2oc3ncnc(N4CCC(O)CC4)c3c2-c2ccc(F)cc2)cc1. The van der Waals surface area contributed by atoms with E-state index >= 15 is 0 Å². The zero-order valence-electron chi connectivity index (χ0n) is 19.4. The first-order valence-corrected chi connectivity index (χ1v) is 11.7. The fraction of sp³-hybridized carbons (Fsp3) is 0.269. The van der Waals surface area contributed by atoms with Crippen molar-refractivity contribution in [2.45, 2.75) is 25.0 Å².